The van der Waals surface area contributed by atoms with Gasteiger partial charge in [0.25, 0.3) is 5.91 Å². The first-order valence-electron chi connectivity index (χ1n) is 6.12. The van der Waals surface area contributed by atoms with E-state index in [9.17, 15) is 9.59 Å². The molecule has 2 N–H and O–H groups in total. The number of thiophene rings is 1. The minimum Gasteiger partial charge on any atom is -0.478 e. The van der Waals surface area contributed by atoms with E-state index in [1.165, 1.54) is 17.4 Å². The number of hydrogen-bond acceptors (Lipinski definition) is 3. The van der Waals surface area contributed by atoms with Crippen molar-refractivity contribution in [3.8, 4) is 0 Å². The van der Waals surface area contributed by atoms with Crippen molar-refractivity contribution >= 4 is 29.3 Å². The molecule has 0 unspecified atom stereocenters. The Morgan fingerprint density at radius 3 is 2.74 bits per heavy atom. The monoisotopic (exact) mass is 281 g/mol. The molecule has 19 heavy (non-hydrogen) atoms. The molecule has 0 aromatic carbocycles. The fourth-order valence-corrected chi connectivity index (χ4v) is 2.12. The number of carboxylic acids is 1. The lowest BCUT2D eigenvalue weighted by Crippen LogP contribution is -2.33. The fourth-order valence-electron chi connectivity index (χ4n) is 1.32. The number of nitrogens with one attached hydrogen (secondary N) is 1. The summed E-state index contributed by atoms with van der Waals surface area (Å²) in [6.45, 7) is 6.86. The summed E-state index contributed by atoms with van der Waals surface area (Å²) < 4.78 is 0. The summed E-state index contributed by atoms with van der Waals surface area (Å²) in [4.78, 5) is 23.1. The summed E-state index contributed by atoms with van der Waals surface area (Å²) in [5, 5.41) is 13.3. The quantitative estimate of drug-likeness (QED) is 0.788. The zero-order valence-electron chi connectivity index (χ0n) is 11.4. The van der Waals surface area contributed by atoms with Crippen LogP contribution in [0.15, 0.2) is 17.5 Å². The molecule has 1 aromatic rings. The van der Waals surface area contributed by atoms with Gasteiger partial charge in [-0.3, -0.25) is 4.79 Å². The zero-order chi connectivity index (χ0) is 14.5. The first-order valence-corrected chi connectivity index (χ1v) is 7.00. The highest BCUT2D eigenvalue weighted by atomic mass is 32.1. The van der Waals surface area contributed by atoms with Crippen LogP contribution in [-0.2, 0) is 4.79 Å². The van der Waals surface area contributed by atoms with Crippen LogP contribution in [0.2, 0.25) is 0 Å². The predicted octanol–water partition coefficient (Wildman–Crippen LogP) is 3.01. The Bertz CT molecular complexity index is 489. The second-order valence-corrected chi connectivity index (χ2v) is 5.99. The van der Waals surface area contributed by atoms with Crippen molar-refractivity contribution in [2.75, 3.05) is 6.54 Å². The molecule has 0 fully saturated rings. The van der Waals surface area contributed by atoms with Crippen molar-refractivity contribution in [3.63, 3.8) is 0 Å². The van der Waals surface area contributed by atoms with E-state index >= 15 is 0 Å². The lowest BCUT2D eigenvalue weighted by molar-refractivity contribution is -0.131. The molecule has 0 bridgehead atoms. The van der Waals surface area contributed by atoms with Gasteiger partial charge in [-0.2, -0.15) is 0 Å². The summed E-state index contributed by atoms with van der Waals surface area (Å²) >= 11 is 1.31. The van der Waals surface area contributed by atoms with Crippen molar-refractivity contribution in [2.24, 2.45) is 5.41 Å². The van der Waals surface area contributed by atoms with Crippen molar-refractivity contribution in [1.82, 2.24) is 5.32 Å². The summed E-state index contributed by atoms with van der Waals surface area (Å²) in [6.07, 6.45) is 3.46. The number of carboxylic acid groups (broad SMARTS) is 1. The highest BCUT2D eigenvalue weighted by molar-refractivity contribution is 7.12. The molecule has 0 aliphatic heterocycles. The molecule has 4 nitrogen and oxygen atoms in total. The van der Waals surface area contributed by atoms with Gasteiger partial charge in [-0.25, -0.2) is 4.79 Å². The molecule has 1 rings (SSSR count). The maximum atomic E-state index is 12.1. The number of aliphatic carboxylic acids is 1. The summed E-state index contributed by atoms with van der Waals surface area (Å²) in [6, 6.07) is 1.74. The van der Waals surface area contributed by atoms with Crippen LogP contribution in [0.25, 0.3) is 6.08 Å². The third-order valence-electron chi connectivity index (χ3n) is 2.99. The first kappa shape index (κ1) is 15.4. The van der Waals surface area contributed by atoms with Crippen LogP contribution in [-0.4, -0.2) is 23.5 Å². The van der Waals surface area contributed by atoms with Gasteiger partial charge in [-0.15, -0.1) is 11.3 Å². The van der Waals surface area contributed by atoms with Gasteiger partial charge in [0.2, 0.25) is 0 Å². The van der Waals surface area contributed by atoms with E-state index in [-0.39, 0.29) is 11.3 Å². The second-order valence-electron chi connectivity index (χ2n) is 5.08. The molecular weight excluding hydrogens is 262 g/mol. The molecule has 1 aromatic heterocycles. The van der Waals surface area contributed by atoms with Crippen molar-refractivity contribution in [2.45, 2.75) is 27.2 Å². The average molecular weight is 281 g/mol. The maximum absolute atomic E-state index is 12.1. The van der Waals surface area contributed by atoms with Gasteiger partial charge in [0, 0.05) is 12.6 Å². The maximum Gasteiger partial charge on any atom is 0.328 e. The Morgan fingerprint density at radius 1 is 1.47 bits per heavy atom. The van der Waals surface area contributed by atoms with E-state index in [0.29, 0.717) is 17.0 Å². The predicted molar refractivity (Wildman–Crippen MR) is 77.4 cm³/mol. The van der Waals surface area contributed by atoms with Crippen LogP contribution in [0.3, 0.4) is 0 Å². The Kier molecular flexibility index (Phi) is 5.30. The van der Waals surface area contributed by atoms with Gasteiger partial charge < -0.3 is 10.4 Å². The van der Waals surface area contributed by atoms with E-state index in [4.69, 9.17) is 5.11 Å². The Labute approximate surface area is 117 Å². The normalized spacial score (nSPS) is 11.7. The molecule has 0 saturated heterocycles. The number of rotatable bonds is 6. The molecule has 0 radical (unpaired) electrons. The Balaban J connectivity index is 2.73. The van der Waals surface area contributed by atoms with Gasteiger partial charge in [-0.05, 0) is 34.9 Å². The number of hydrogen-bond donors (Lipinski definition) is 2. The van der Waals surface area contributed by atoms with Crippen LogP contribution >= 0.6 is 11.3 Å². The minimum absolute atomic E-state index is 0.0595. The number of carbonyl (C=O) groups excluding carboxylic acids is 1. The summed E-state index contributed by atoms with van der Waals surface area (Å²) in [5.41, 5.74) is 0.698. The highest BCUT2D eigenvalue weighted by Gasteiger charge is 2.18. The largest absolute Gasteiger partial charge is 0.478 e. The molecule has 1 amide bonds. The Morgan fingerprint density at radius 2 is 2.16 bits per heavy atom. The standard InChI is InChI=1S/C14H19NO3S/c1-4-14(2,3)9-15-13(18)12-10(7-8-19-12)5-6-11(16)17/h5-8H,4,9H2,1-3H3,(H,15,18)(H,16,17)/b6-5+. The van der Waals surface area contributed by atoms with Crippen LogP contribution in [0.4, 0.5) is 0 Å². The van der Waals surface area contributed by atoms with E-state index < -0.39 is 5.97 Å². The first-order chi connectivity index (χ1) is 8.85. The minimum atomic E-state index is -1.02. The molecule has 0 aliphatic rings. The molecule has 5 heteroatoms. The third-order valence-corrected chi connectivity index (χ3v) is 3.92. The summed E-state index contributed by atoms with van der Waals surface area (Å²) in [7, 11) is 0. The van der Waals surface area contributed by atoms with Crippen LogP contribution in [0.5, 0.6) is 0 Å². The van der Waals surface area contributed by atoms with E-state index in [2.05, 4.69) is 26.1 Å². The van der Waals surface area contributed by atoms with E-state index in [1.807, 2.05) is 0 Å². The fraction of sp³-hybridized carbons (Fsp3) is 0.429. The summed E-state index contributed by atoms with van der Waals surface area (Å²) in [5.74, 6) is -1.17. The van der Waals surface area contributed by atoms with Crippen LogP contribution in [0.1, 0.15) is 42.4 Å². The van der Waals surface area contributed by atoms with Crippen LogP contribution < -0.4 is 5.32 Å². The van der Waals surface area contributed by atoms with Gasteiger partial charge in [0.05, 0.1) is 4.88 Å². The molecule has 0 saturated carbocycles. The molecular formula is C14H19NO3S. The van der Waals surface area contributed by atoms with Gasteiger partial charge in [-0.1, -0.05) is 20.8 Å². The third kappa shape index (κ3) is 4.87. The number of amides is 1. The molecule has 104 valence electrons. The van der Waals surface area contributed by atoms with Crippen LogP contribution in [0, 0.1) is 5.41 Å². The van der Waals surface area contributed by atoms with Gasteiger partial charge >= 0.3 is 5.97 Å². The van der Waals surface area contributed by atoms with Crippen molar-refractivity contribution < 1.29 is 14.7 Å². The molecule has 1 heterocycles. The van der Waals surface area contributed by atoms with E-state index in [0.717, 1.165) is 12.5 Å². The second kappa shape index (κ2) is 6.52. The Hall–Kier alpha value is -1.62. The lowest BCUT2D eigenvalue weighted by Gasteiger charge is -2.22. The highest BCUT2D eigenvalue weighted by Crippen LogP contribution is 2.21. The number of carbonyl (C=O) groups is 2. The van der Waals surface area contributed by atoms with Crippen molar-refractivity contribution in [1.29, 1.82) is 0 Å². The lowest BCUT2D eigenvalue weighted by atomic mass is 9.90. The molecule has 0 aliphatic carbocycles. The SMILES string of the molecule is CCC(C)(C)CNC(=O)c1sccc1/C=C/C(=O)O. The van der Waals surface area contributed by atoms with Gasteiger partial charge in [0.1, 0.15) is 0 Å². The zero-order valence-corrected chi connectivity index (χ0v) is 12.2. The van der Waals surface area contributed by atoms with Gasteiger partial charge in [0.15, 0.2) is 0 Å². The smallest absolute Gasteiger partial charge is 0.328 e. The van der Waals surface area contributed by atoms with E-state index in [1.54, 1.807) is 11.4 Å². The van der Waals surface area contributed by atoms with Crippen molar-refractivity contribution in [3.05, 3.63) is 28.0 Å². The topological polar surface area (TPSA) is 66.4 Å². The molecule has 0 atom stereocenters. The average Bonchev–Trinajstić information content (AvgIpc) is 2.82. The molecule has 0 spiro atoms.